The van der Waals surface area contributed by atoms with E-state index in [1.54, 1.807) is 0 Å². The van der Waals surface area contributed by atoms with Crippen LogP contribution in [0.15, 0.2) is 73.8 Å². The molecule has 2 rings (SSSR count). The third kappa shape index (κ3) is 12.2. The summed E-state index contributed by atoms with van der Waals surface area (Å²) >= 11 is 0. The zero-order valence-corrected chi connectivity index (χ0v) is 20.3. The van der Waals surface area contributed by atoms with Gasteiger partial charge in [0, 0.05) is 23.3 Å². The third-order valence-corrected chi connectivity index (χ3v) is 4.62. The van der Waals surface area contributed by atoms with Crippen molar-refractivity contribution in [1.29, 1.82) is 0 Å². The fraction of sp³-hybridized carbons (Fsp3) is 0.267. The molecule has 0 saturated heterocycles. The summed E-state index contributed by atoms with van der Waals surface area (Å²) in [4.78, 5) is 21.9. The summed E-state index contributed by atoms with van der Waals surface area (Å²) in [6, 6.07) is 15.0. The monoisotopic (exact) mass is 486 g/mol. The topological polar surface area (TPSA) is 71.1 Å². The lowest BCUT2D eigenvalue weighted by Crippen LogP contribution is -2.04. The van der Waals surface area contributed by atoms with Gasteiger partial charge in [-0.2, -0.15) is 0 Å². The highest BCUT2D eigenvalue weighted by Crippen LogP contribution is 2.13. The van der Waals surface area contributed by atoms with Crippen LogP contribution >= 0.6 is 0 Å². The summed E-state index contributed by atoms with van der Waals surface area (Å²) in [5.41, 5.74) is 1.69. The minimum atomic E-state index is -0.407. The van der Waals surface area contributed by atoms with E-state index in [0.29, 0.717) is 26.4 Å². The van der Waals surface area contributed by atoms with E-state index >= 15 is 0 Å². The first-order valence-corrected chi connectivity index (χ1v) is 11.7. The molecule has 0 bridgehead atoms. The van der Waals surface area contributed by atoms with Gasteiger partial charge >= 0.3 is 11.9 Å². The van der Waals surface area contributed by atoms with E-state index in [2.05, 4.69) is 36.8 Å². The Morgan fingerprint density at radius 2 is 0.972 bits per heavy atom. The third-order valence-electron chi connectivity index (χ3n) is 4.62. The molecule has 0 aliphatic heterocycles. The number of esters is 2. The Kier molecular flexibility index (Phi) is 13.2. The van der Waals surface area contributed by atoms with E-state index in [-0.39, 0.29) is 0 Å². The first-order chi connectivity index (χ1) is 17.6. The van der Waals surface area contributed by atoms with Gasteiger partial charge in [0.25, 0.3) is 0 Å². The molecule has 2 aromatic rings. The van der Waals surface area contributed by atoms with Gasteiger partial charge in [0.1, 0.15) is 11.5 Å². The molecule has 0 unspecified atom stereocenters. The van der Waals surface area contributed by atoms with Crippen molar-refractivity contribution in [2.24, 2.45) is 0 Å². The summed E-state index contributed by atoms with van der Waals surface area (Å²) in [5.74, 6) is 12.4. The Bertz CT molecular complexity index is 1020. The van der Waals surface area contributed by atoms with E-state index in [1.165, 1.54) is 0 Å². The van der Waals surface area contributed by atoms with Crippen LogP contribution < -0.4 is 9.47 Å². The lowest BCUT2D eigenvalue weighted by molar-refractivity contribution is -0.138. The van der Waals surface area contributed by atoms with Crippen molar-refractivity contribution in [2.75, 3.05) is 26.4 Å². The van der Waals surface area contributed by atoms with Crippen LogP contribution in [0.2, 0.25) is 0 Å². The second-order valence-electron chi connectivity index (χ2n) is 7.40. The molecular formula is C30H30O6. The zero-order chi connectivity index (χ0) is 25.8. The number of carbonyl (C=O) groups is 2. The van der Waals surface area contributed by atoms with Crippen LogP contribution in [-0.4, -0.2) is 38.4 Å². The summed E-state index contributed by atoms with van der Waals surface area (Å²) in [6.07, 6.45) is 5.33. The zero-order valence-electron chi connectivity index (χ0n) is 20.3. The molecular weight excluding hydrogens is 456 g/mol. The molecule has 0 aliphatic carbocycles. The molecule has 0 heterocycles. The second-order valence-corrected chi connectivity index (χ2v) is 7.40. The van der Waals surface area contributed by atoms with Crippen molar-refractivity contribution in [1.82, 2.24) is 0 Å². The number of ether oxygens (including phenoxy) is 4. The maximum absolute atomic E-state index is 10.9. The molecule has 0 saturated carbocycles. The quantitative estimate of drug-likeness (QED) is 0.164. The van der Waals surface area contributed by atoms with Crippen LogP contribution in [-0.2, 0) is 19.1 Å². The van der Waals surface area contributed by atoms with E-state index in [4.69, 9.17) is 18.9 Å². The molecule has 0 radical (unpaired) electrons. The predicted molar refractivity (Wildman–Crippen MR) is 138 cm³/mol. The fourth-order valence-electron chi connectivity index (χ4n) is 2.73. The predicted octanol–water partition coefficient (Wildman–Crippen LogP) is 4.87. The lowest BCUT2D eigenvalue weighted by atomic mass is 10.2. The molecule has 0 atom stereocenters. The minimum Gasteiger partial charge on any atom is -0.494 e. The molecule has 0 amide bonds. The number of benzene rings is 2. The average Bonchev–Trinajstić information content (AvgIpc) is 2.91. The van der Waals surface area contributed by atoms with Crippen LogP contribution in [0, 0.1) is 23.7 Å². The minimum absolute atomic E-state index is 0.361. The van der Waals surface area contributed by atoms with Crippen molar-refractivity contribution in [3.8, 4) is 35.2 Å². The van der Waals surface area contributed by atoms with Crippen molar-refractivity contribution in [3.05, 3.63) is 85.0 Å². The molecule has 0 aromatic heterocycles. The van der Waals surface area contributed by atoms with Gasteiger partial charge in [0.2, 0.25) is 0 Å². The average molecular weight is 487 g/mol. The normalized spacial score (nSPS) is 9.44. The van der Waals surface area contributed by atoms with Gasteiger partial charge in [0.05, 0.1) is 26.4 Å². The Morgan fingerprint density at radius 3 is 1.33 bits per heavy atom. The van der Waals surface area contributed by atoms with Crippen LogP contribution in [0.5, 0.6) is 11.5 Å². The molecule has 0 N–H and O–H groups in total. The molecule has 6 heteroatoms. The van der Waals surface area contributed by atoms with Crippen LogP contribution in [0.1, 0.15) is 36.8 Å². The van der Waals surface area contributed by atoms with Crippen molar-refractivity contribution >= 4 is 11.9 Å². The Morgan fingerprint density at radius 1 is 0.611 bits per heavy atom. The summed E-state index contributed by atoms with van der Waals surface area (Å²) in [5, 5.41) is 0. The van der Waals surface area contributed by atoms with Gasteiger partial charge < -0.3 is 18.9 Å². The first-order valence-electron chi connectivity index (χ1n) is 11.7. The van der Waals surface area contributed by atoms with Gasteiger partial charge in [-0.25, -0.2) is 9.59 Å². The molecule has 2 aromatic carbocycles. The highest BCUT2D eigenvalue weighted by Gasteiger charge is 1.98. The van der Waals surface area contributed by atoms with Crippen molar-refractivity contribution in [2.45, 2.75) is 25.7 Å². The van der Waals surface area contributed by atoms with Crippen LogP contribution in [0.3, 0.4) is 0 Å². The maximum atomic E-state index is 10.9. The molecule has 0 spiro atoms. The molecule has 186 valence electrons. The number of carbonyl (C=O) groups excluding carboxylic acids is 2. The molecule has 0 fully saturated rings. The summed E-state index contributed by atoms with van der Waals surface area (Å²) in [6.45, 7) is 8.50. The van der Waals surface area contributed by atoms with Crippen molar-refractivity contribution in [3.63, 3.8) is 0 Å². The largest absolute Gasteiger partial charge is 0.494 e. The molecule has 36 heavy (non-hydrogen) atoms. The Hall–Kier alpha value is -4.42. The lowest BCUT2D eigenvalue weighted by Gasteiger charge is -2.06. The second kappa shape index (κ2) is 17.1. The number of hydrogen-bond donors (Lipinski definition) is 0. The van der Waals surface area contributed by atoms with Gasteiger partial charge in [0.15, 0.2) is 0 Å². The Labute approximate surface area is 212 Å². The van der Waals surface area contributed by atoms with Crippen LogP contribution in [0.25, 0.3) is 0 Å². The number of unbranched alkanes of at least 4 members (excludes halogenated alkanes) is 2. The Balaban J connectivity index is 1.66. The van der Waals surface area contributed by atoms with E-state index in [1.807, 2.05) is 48.5 Å². The number of hydrogen-bond acceptors (Lipinski definition) is 6. The standard InChI is InChI=1S/C30H30O6/c1-3-29(31)35-23-9-7-21-33-27-17-13-25(14-18-27)11-5-6-12-26-15-19-28(20-16-26)34-22-8-10-24-36-30(32)4-2/h3-4,13-20H,1-2,7-10,21-24H2. The number of rotatable bonds is 14. The maximum Gasteiger partial charge on any atom is 0.330 e. The first kappa shape index (κ1) is 27.8. The SMILES string of the molecule is C=CC(=O)OCCCCOc1ccc(C#CC#Cc2ccc(OCCCCOC(=O)C=C)cc2)cc1. The van der Waals surface area contributed by atoms with Gasteiger partial charge in [-0.05, 0) is 86.1 Å². The van der Waals surface area contributed by atoms with E-state index < -0.39 is 11.9 Å². The van der Waals surface area contributed by atoms with Gasteiger partial charge in [-0.1, -0.05) is 25.0 Å². The van der Waals surface area contributed by atoms with E-state index in [0.717, 1.165) is 60.5 Å². The summed E-state index contributed by atoms with van der Waals surface area (Å²) < 4.78 is 21.2. The summed E-state index contributed by atoms with van der Waals surface area (Å²) in [7, 11) is 0. The smallest absolute Gasteiger partial charge is 0.330 e. The van der Waals surface area contributed by atoms with Crippen molar-refractivity contribution < 1.29 is 28.5 Å². The molecule has 0 aliphatic rings. The highest BCUT2D eigenvalue weighted by atomic mass is 16.5. The van der Waals surface area contributed by atoms with Crippen LogP contribution in [0.4, 0.5) is 0 Å². The molecule has 6 nitrogen and oxygen atoms in total. The van der Waals surface area contributed by atoms with E-state index in [9.17, 15) is 9.59 Å². The highest BCUT2D eigenvalue weighted by molar-refractivity contribution is 5.81. The fourth-order valence-corrected chi connectivity index (χ4v) is 2.73. The van der Waals surface area contributed by atoms with Gasteiger partial charge in [-0.3, -0.25) is 0 Å². The van der Waals surface area contributed by atoms with Gasteiger partial charge in [-0.15, -0.1) is 0 Å².